The number of para-hydroxylation sites is 1. The standard InChI is InChI=1S/C18H26N4O3S.HI/c1-18(2)13-21(10-11-26(18,24)25)17(19-3)20-8-9-22-15-7-5-4-6-14(15)12-16(22)23;/h4-7H,8-13H2,1-3H3,(H,19,20);1H. The van der Waals surface area contributed by atoms with Gasteiger partial charge in [0, 0.05) is 38.9 Å². The van der Waals surface area contributed by atoms with Crippen LogP contribution in [0.2, 0.25) is 0 Å². The Bertz CT molecular complexity index is 839. The van der Waals surface area contributed by atoms with Crippen molar-refractivity contribution < 1.29 is 13.2 Å². The second-order valence-corrected chi connectivity index (χ2v) is 10.1. The predicted molar refractivity (Wildman–Crippen MR) is 119 cm³/mol. The third-order valence-electron chi connectivity index (χ3n) is 5.10. The number of hydrogen-bond acceptors (Lipinski definition) is 4. The Hall–Kier alpha value is -1.36. The smallest absolute Gasteiger partial charge is 0.231 e. The van der Waals surface area contributed by atoms with Crippen molar-refractivity contribution in [3.63, 3.8) is 0 Å². The number of benzene rings is 1. The van der Waals surface area contributed by atoms with Gasteiger partial charge >= 0.3 is 0 Å². The molecule has 0 aliphatic carbocycles. The van der Waals surface area contributed by atoms with Crippen LogP contribution in [0.3, 0.4) is 0 Å². The number of hydrogen-bond donors (Lipinski definition) is 1. The molecule has 1 fully saturated rings. The van der Waals surface area contributed by atoms with Gasteiger partial charge in [-0.2, -0.15) is 0 Å². The summed E-state index contributed by atoms with van der Waals surface area (Å²) in [6, 6.07) is 7.83. The first-order valence-electron chi connectivity index (χ1n) is 8.81. The van der Waals surface area contributed by atoms with Gasteiger partial charge in [0.25, 0.3) is 0 Å². The maximum atomic E-state index is 12.2. The van der Waals surface area contributed by atoms with Gasteiger partial charge in [0.05, 0.1) is 16.9 Å². The van der Waals surface area contributed by atoms with E-state index in [9.17, 15) is 13.2 Å². The van der Waals surface area contributed by atoms with E-state index in [1.54, 1.807) is 25.8 Å². The van der Waals surface area contributed by atoms with Gasteiger partial charge in [-0.3, -0.25) is 9.79 Å². The Morgan fingerprint density at radius 3 is 2.67 bits per heavy atom. The molecule has 0 aromatic heterocycles. The molecule has 1 N–H and O–H groups in total. The number of fused-ring (bicyclic) bond motifs is 1. The van der Waals surface area contributed by atoms with Crippen LogP contribution in [-0.4, -0.2) is 68.9 Å². The van der Waals surface area contributed by atoms with Crippen molar-refractivity contribution in [2.75, 3.05) is 43.9 Å². The molecule has 3 rings (SSSR count). The topological polar surface area (TPSA) is 82.1 Å². The molecule has 0 saturated carbocycles. The first-order chi connectivity index (χ1) is 12.2. The van der Waals surface area contributed by atoms with Crippen LogP contribution in [0, 0.1) is 0 Å². The molecule has 7 nitrogen and oxygen atoms in total. The third-order valence-corrected chi connectivity index (χ3v) is 7.63. The molecule has 2 aliphatic heterocycles. The van der Waals surface area contributed by atoms with E-state index in [1.807, 2.05) is 29.2 Å². The maximum Gasteiger partial charge on any atom is 0.231 e. The molecule has 9 heteroatoms. The summed E-state index contributed by atoms with van der Waals surface area (Å²) in [5.41, 5.74) is 2.03. The second-order valence-electron chi connectivity index (χ2n) is 7.32. The molecule has 1 aromatic carbocycles. The molecule has 0 atom stereocenters. The van der Waals surface area contributed by atoms with E-state index in [0.29, 0.717) is 38.6 Å². The predicted octanol–water partition coefficient (Wildman–Crippen LogP) is 1.28. The third kappa shape index (κ3) is 4.39. The Morgan fingerprint density at radius 1 is 1.30 bits per heavy atom. The van der Waals surface area contributed by atoms with E-state index < -0.39 is 14.6 Å². The van der Waals surface area contributed by atoms with Crippen LogP contribution in [0.25, 0.3) is 0 Å². The van der Waals surface area contributed by atoms with Gasteiger partial charge in [0.15, 0.2) is 15.8 Å². The van der Waals surface area contributed by atoms with Gasteiger partial charge in [-0.25, -0.2) is 8.42 Å². The van der Waals surface area contributed by atoms with Gasteiger partial charge in [0.1, 0.15) is 0 Å². The maximum absolute atomic E-state index is 12.2. The summed E-state index contributed by atoms with van der Waals surface area (Å²) >= 11 is 0. The molecule has 2 aliphatic rings. The van der Waals surface area contributed by atoms with Crippen molar-refractivity contribution in [2.24, 2.45) is 4.99 Å². The zero-order valence-electron chi connectivity index (χ0n) is 15.9. The fourth-order valence-electron chi connectivity index (χ4n) is 3.50. The Labute approximate surface area is 178 Å². The normalized spacial score (nSPS) is 20.9. The van der Waals surface area contributed by atoms with E-state index in [0.717, 1.165) is 11.3 Å². The zero-order valence-corrected chi connectivity index (χ0v) is 19.1. The van der Waals surface area contributed by atoms with Gasteiger partial charge in [-0.15, -0.1) is 24.0 Å². The molecule has 0 unspecified atom stereocenters. The summed E-state index contributed by atoms with van der Waals surface area (Å²) in [4.78, 5) is 20.3. The number of sulfone groups is 1. The van der Waals surface area contributed by atoms with Crippen molar-refractivity contribution in [3.8, 4) is 0 Å². The van der Waals surface area contributed by atoms with Crippen LogP contribution in [0.15, 0.2) is 29.3 Å². The second kappa shape index (κ2) is 8.34. The van der Waals surface area contributed by atoms with E-state index >= 15 is 0 Å². The minimum Gasteiger partial charge on any atom is -0.354 e. The van der Waals surface area contributed by atoms with E-state index in [2.05, 4.69) is 10.3 Å². The van der Waals surface area contributed by atoms with Crippen molar-refractivity contribution in [1.82, 2.24) is 10.2 Å². The molecule has 27 heavy (non-hydrogen) atoms. The number of halogens is 1. The molecule has 1 aromatic rings. The van der Waals surface area contributed by atoms with Crippen molar-refractivity contribution in [3.05, 3.63) is 29.8 Å². The monoisotopic (exact) mass is 506 g/mol. The summed E-state index contributed by atoms with van der Waals surface area (Å²) in [5, 5.41) is 3.27. The highest BCUT2D eigenvalue weighted by molar-refractivity contribution is 14.0. The fourth-order valence-corrected chi connectivity index (χ4v) is 4.86. The Balaban J connectivity index is 0.00000261. The van der Waals surface area contributed by atoms with Gasteiger partial charge < -0.3 is 15.1 Å². The lowest BCUT2D eigenvalue weighted by atomic mass is 10.2. The lowest BCUT2D eigenvalue weighted by Gasteiger charge is -2.39. The number of nitrogens with zero attached hydrogens (tertiary/aromatic N) is 3. The molecule has 150 valence electrons. The molecule has 1 saturated heterocycles. The highest BCUT2D eigenvalue weighted by Crippen LogP contribution is 2.28. The minimum atomic E-state index is -3.09. The van der Waals surface area contributed by atoms with Crippen molar-refractivity contribution in [2.45, 2.75) is 25.0 Å². The van der Waals surface area contributed by atoms with E-state index in [-0.39, 0.29) is 35.6 Å². The number of aliphatic imine (C=N–C) groups is 1. The lowest BCUT2D eigenvalue weighted by Crippen LogP contribution is -2.57. The van der Waals surface area contributed by atoms with Crippen molar-refractivity contribution >= 4 is 51.4 Å². The van der Waals surface area contributed by atoms with Crippen LogP contribution in [0.1, 0.15) is 19.4 Å². The van der Waals surface area contributed by atoms with Crippen LogP contribution in [0.5, 0.6) is 0 Å². The quantitative estimate of drug-likeness (QED) is 0.380. The number of rotatable bonds is 3. The molecule has 2 heterocycles. The number of anilines is 1. The molecule has 0 bridgehead atoms. The number of guanidine groups is 1. The molecular weight excluding hydrogens is 479 g/mol. The van der Waals surface area contributed by atoms with Crippen LogP contribution < -0.4 is 10.2 Å². The van der Waals surface area contributed by atoms with Crippen molar-refractivity contribution in [1.29, 1.82) is 0 Å². The molecule has 0 spiro atoms. The van der Waals surface area contributed by atoms with E-state index in [1.165, 1.54) is 0 Å². The fraction of sp³-hybridized carbons (Fsp3) is 0.556. The summed E-state index contributed by atoms with van der Waals surface area (Å²) < 4.78 is 23.5. The summed E-state index contributed by atoms with van der Waals surface area (Å²) in [5.74, 6) is 0.902. The number of amides is 1. The number of carbonyl (C=O) groups excluding carboxylic acids is 1. The lowest BCUT2D eigenvalue weighted by molar-refractivity contribution is -0.117. The number of carbonyl (C=O) groups is 1. The Kier molecular flexibility index (Phi) is 6.77. The minimum absolute atomic E-state index is 0. The van der Waals surface area contributed by atoms with Crippen LogP contribution in [0.4, 0.5) is 5.69 Å². The molecule has 1 amide bonds. The van der Waals surface area contributed by atoms with Crippen LogP contribution >= 0.6 is 24.0 Å². The zero-order chi connectivity index (χ0) is 18.9. The molecule has 0 radical (unpaired) electrons. The first kappa shape index (κ1) is 21.9. The highest BCUT2D eigenvalue weighted by atomic mass is 127. The van der Waals surface area contributed by atoms with E-state index in [4.69, 9.17) is 0 Å². The summed E-state index contributed by atoms with van der Waals surface area (Å²) in [6.45, 7) is 5.43. The van der Waals surface area contributed by atoms with Gasteiger partial charge in [0.2, 0.25) is 5.91 Å². The van der Waals surface area contributed by atoms with Gasteiger partial charge in [-0.1, -0.05) is 18.2 Å². The Morgan fingerprint density at radius 2 is 2.00 bits per heavy atom. The SMILES string of the molecule is CN=C(NCCN1C(=O)Cc2ccccc21)N1CCS(=O)(=O)C(C)(C)C1.I. The van der Waals surface area contributed by atoms with Gasteiger partial charge in [-0.05, 0) is 25.5 Å². The summed E-state index contributed by atoms with van der Waals surface area (Å²) in [7, 11) is -1.40. The average molecular weight is 506 g/mol. The highest BCUT2D eigenvalue weighted by Gasteiger charge is 2.41. The summed E-state index contributed by atoms with van der Waals surface area (Å²) in [6.07, 6.45) is 0.447. The molecular formula is C18H27IN4O3S. The number of nitrogens with one attached hydrogen (secondary N) is 1. The average Bonchev–Trinajstić information content (AvgIpc) is 2.90. The largest absolute Gasteiger partial charge is 0.354 e. The first-order valence-corrected chi connectivity index (χ1v) is 10.5. The van der Waals surface area contributed by atoms with Crippen LogP contribution in [-0.2, 0) is 21.1 Å².